The zero-order chi connectivity index (χ0) is 17.1. The standard InChI is InChI=1S/C19H20N4O/c1-3-21-19(24)23-18-10-16-15(13-5-7-14(20)8-6-13)9-4-12(2)17(16)11-22-18/h4-11H,3,20H2,1-2H3,(H2,21,22,23,24). The van der Waals surface area contributed by atoms with Crippen LogP contribution in [0, 0.1) is 6.92 Å². The Hall–Kier alpha value is -3.08. The Labute approximate surface area is 140 Å². The van der Waals surface area contributed by atoms with Crippen molar-refractivity contribution < 1.29 is 4.79 Å². The van der Waals surface area contributed by atoms with Gasteiger partial charge in [0.25, 0.3) is 0 Å². The quantitative estimate of drug-likeness (QED) is 0.640. The summed E-state index contributed by atoms with van der Waals surface area (Å²) in [5, 5.41) is 7.57. The van der Waals surface area contributed by atoms with Crippen LogP contribution in [0.25, 0.3) is 21.9 Å². The number of rotatable bonds is 3. The third-order valence-electron chi connectivity index (χ3n) is 3.92. The van der Waals surface area contributed by atoms with E-state index in [4.69, 9.17) is 5.73 Å². The number of carbonyl (C=O) groups excluding carboxylic acids is 1. The van der Waals surface area contributed by atoms with Crippen molar-refractivity contribution in [2.45, 2.75) is 13.8 Å². The number of hydrogen-bond acceptors (Lipinski definition) is 3. The molecule has 3 rings (SSSR count). The molecule has 0 bridgehead atoms. The fourth-order valence-corrected chi connectivity index (χ4v) is 2.68. The number of pyridine rings is 1. The highest BCUT2D eigenvalue weighted by molar-refractivity contribution is 6.00. The molecule has 0 saturated heterocycles. The lowest BCUT2D eigenvalue weighted by Crippen LogP contribution is -2.28. The van der Waals surface area contributed by atoms with Gasteiger partial charge >= 0.3 is 6.03 Å². The summed E-state index contributed by atoms with van der Waals surface area (Å²) in [5.41, 5.74) is 9.81. The van der Waals surface area contributed by atoms with E-state index < -0.39 is 0 Å². The Balaban J connectivity index is 2.10. The first-order valence-electron chi connectivity index (χ1n) is 7.88. The van der Waals surface area contributed by atoms with Crippen molar-refractivity contribution in [1.29, 1.82) is 0 Å². The number of aryl methyl sites for hydroxylation is 1. The van der Waals surface area contributed by atoms with Crippen LogP contribution in [-0.4, -0.2) is 17.6 Å². The van der Waals surface area contributed by atoms with Gasteiger partial charge in [-0.1, -0.05) is 24.3 Å². The number of nitrogens with two attached hydrogens (primary N) is 1. The average Bonchev–Trinajstić information content (AvgIpc) is 2.56. The number of carbonyl (C=O) groups is 1. The molecule has 2 amide bonds. The predicted molar refractivity (Wildman–Crippen MR) is 99.0 cm³/mol. The average molecular weight is 320 g/mol. The van der Waals surface area contributed by atoms with Gasteiger partial charge in [0.15, 0.2) is 0 Å². The van der Waals surface area contributed by atoms with Crippen LogP contribution >= 0.6 is 0 Å². The van der Waals surface area contributed by atoms with Crippen LogP contribution in [0.1, 0.15) is 12.5 Å². The Morgan fingerprint density at radius 1 is 1.12 bits per heavy atom. The number of aromatic nitrogens is 1. The van der Waals surface area contributed by atoms with Gasteiger partial charge in [0.05, 0.1) is 0 Å². The molecule has 0 aliphatic carbocycles. The lowest BCUT2D eigenvalue weighted by atomic mass is 9.96. The highest BCUT2D eigenvalue weighted by Crippen LogP contribution is 2.32. The third kappa shape index (κ3) is 3.15. The maximum atomic E-state index is 11.7. The first-order valence-corrected chi connectivity index (χ1v) is 7.88. The zero-order valence-electron chi connectivity index (χ0n) is 13.8. The molecule has 0 spiro atoms. The van der Waals surface area contributed by atoms with E-state index in [-0.39, 0.29) is 6.03 Å². The van der Waals surface area contributed by atoms with Gasteiger partial charge in [-0.25, -0.2) is 9.78 Å². The molecule has 0 saturated carbocycles. The number of amides is 2. The fraction of sp³-hybridized carbons (Fsp3) is 0.158. The highest BCUT2D eigenvalue weighted by Gasteiger charge is 2.09. The Kier molecular flexibility index (Phi) is 4.33. The molecule has 1 aromatic heterocycles. The van der Waals surface area contributed by atoms with E-state index in [1.165, 1.54) is 0 Å². The number of benzene rings is 2. The summed E-state index contributed by atoms with van der Waals surface area (Å²) < 4.78 is 0. The SMILES string of the molecule is CCNC(=O)Nc1cc2c(-c3ccc(N)cc3)ccc(C)c2cn1. The van der Waals surface area contributed by atoms with Crippen LogP contribution in [0.5, 0.6) is 0 Å². The second-order valence-corrected chi connectivity index (χ2v) is 5.65. The van der Waals surface area contributed by atoms with E-state index >= 15 is 0 Å². The van der Waals surface area contributed by atoms with E-state index in [0.717, 1.165) is 33.2 Å². The smallest absolute Gasteiger partial charge is 0.320 e. The van der Waals surface area contributed by atoms with Gasteiger partial charge in [-0.05, 0) is 54.1 Å². The number of anilines is 2. The topological polar surface area (TPSA) is 80.0 Å². The Bertz CT molecular complexity index is 888. The highest BCUT2D eigenvalue weighted by atomic mass is 16.2. The van der Waals surface area contributed by atoms with Gasteiger partial charge in [0, 0.05) is 23.8 Å². The second kappa shape index (κ2) is 6.58. The fourth-order valence-electron chi connectivity index (χ4n) is 2.68. The van der Waals surface area contributed by atoms with Crippen molar-refractivity contribution in [3.63, 3.8) is 0 Å². The number of nitrogens with one attached hydrogen (secondary N) is 2. The van der Waals surface area contributed by atoms with Crippen LogP contribution < -0.4 is 16.4 Å². The van der Waals surface area contributed by atoms with E-state index in [2.05, 4.69) is 27.8 Å². The normalized spacial score (nSPS) is 10.6. The van der Waals surface area contributed by atoms with E-state index in [0.29, 0.717) is 12.4 Å². The minimum absolute atomic E-state index is 0.258. The van der Waals surface area contributed by atoms with Gasteiger partial charge in [0.2, 0.25) is 0 Å². The lowest BCUT2D eigenvalue weighted by molar-refractivity contribution is 0.252. The molecular weight excluding hydrogens is 300 g/mol. The molecule has 122 valence electrons. The summed E-state index contributed by atoms with van der Waals surface area (Å²) in [5.74, 6) is 0.524. The van der Waals surface area contributed by atoms with E-state index in [1.807, 2.05) is 44.2 Å². The predicted octanol–water partition coefficient (Wildman–Crippen LogP) is 3.93. The zero-order valence-corrected chi connectivity index (χ0v) is 13.8. The van der Waals surface area contributed by atoms with Gasteiger partial charge in [-0.3, -0.25) is 5.32 Å². The van der Waals surface area contributed by atoms with E-state index in [1.54, 1.807) is 6.20 Å². The van der Waals surface area contributed by atoms with Crippen LogP contribution in [-0.2, 0) is 0 Å². The number of nitrogen functional groups attached to an aromatic ring is 1. The minimum atomic E-state index is -0.258. The molecule has 4 N–H and O–H groups in total. The molecule has 0 radical (unpaired) electrons. The molecule has 0 aliphatic heterocycles. The molecule has 5 heteroatoms. The van der Waals surface area contributed by atoms with Crippen molar-refractivity contribution in [1.82, 2.24) is 10.3 Å². The van der Waals surface area contributed by atoms with E-state index in [9.17, 15) is 4.79 Å². The maximum Gasteiger partial charge on any atom is 0.320 e. The van der Waals surface area contributed by atoms with Gasteiger partial charge in [-0.2, -0.15) is 0 Å². The minimum Gasteiger partial charge on any atom is -0.399 e. The van der Waals surface area contributed by atoms with Crippen LogP contribution in [0.3, 0.4) is 0 Å². The molecule has 0 unspecified atom stereocenters. The monoisotopic (exact) mass is 320 g/mol. The maximum absolute atomic E-state index is 11.7. The number of hydrogen-bond donors (Lipinski definition) is 3. The lowest BCUT2D eigenvalue weighted by Gasteiger charge is -2.12. The molecule has 1 heterocycles. The molecule has 24 heavy (non-hydrogen) atoms. The molecule has 3 aromatic rings. The van der Waals surface area contributed by atoms with Crippen molar-refractivity contribution in [3.8, 4) is 11.1 Å². The number of fused-ring (bicyclic) bond motifs is 1. The van der Waals surface area contributed by atoms with Crippen molar-refractivity contribution in [3.05, 3.63) is 54.2 Å². The van der Waals surface area contributed by atoms with Crippen LogP contribution in [0.2, 0.25) is 0 Å². The van der Waals surface area contributed by atoms with Crippen molar-refractivity contribution in [2.24, 2.45) is 0 Å². The van der Waals surface area contributed by atoms with Gasteiger partial charge < -0.3 is 11.1 Å². The first-order chi connectivity index (χ1) is 11.6. The summed E-state index contributed by atoms with van der Waals surface area (Å²) in [7, 11) is 0. The summed E-state index contributed by atoms with van der Waals surface area (Å²) in [6.07, 6.45) is 1.80. The molecule has 5 nitrogen and oxygen atoms in total. The molecule has 0 atom stereocenters. The molecule has 0 aliphatic rings. The van der Waals surface area contributed by atoms with Gasteiger partial charge in [-0.15, -0.1) is 0 Å². The largest absolute Gasteiger partial charge is 0.399 e. The number of nitrogens with zero attached hydrogens (tertiary/aromatic N) is 1. The van der Waals surface area contributed by atoms with Gasteiger partial charge in [0.1, 0.15) is 5.82 Å². The Morgan fingerprint density at radius 3 is 2.58 bits per heavy atom. The van der Waals surface area contributed by atoms with Crippen molar-refractivity contribution >= 4 is 28.3 Å². The van der Waals surface area contributed by atoms with Crippen LogP contribution in [0.4, 0.5) is 16.3 Å². The Morgan fingerprint density at radius 2 is 1.88 bits per heavy atom. The number of urea groups is 1. The summed E-state index contributed by atoms with van der Waals surface area (Å²) >= 11 is 0. The molecule has 2 aromatic carbocycles. The second-order valence-electron chi connectivity index (χ2n) is 5.65. The van der Waals surface area contributed by atoms with Crippen LogP contribution in [0.15, 0.2) is 48.7 Å². The van der Waals surface area contributed by atoms with Crippen molar-refractivity contribution in [2.75, 3.05) is 17.6 Å². The third-order valence-corrected chi connectivity index (χ3v) is 3.92. The summed E-state index contributed by atoms with van der Waals surface area (Å²) in [6, 6.07) is 13.6. The summed E-state index contributed by atoms with van der Waals surface area (Å²) in [6.45, 7) is 4.48. The molecular formula is C19H20N4O. The molecule has 0 fully saturated rings. The first kappa shape index (κ1) is 15.8. The summed E-state index contributed by atoms with van der Waals surface area (Å²) in [4.78, 5) is 16.1.